The van der Waals surface area contributed by atoms with Crippen molar-refractivity contribution in [2.45, 2.75) is 49.2 Å². The van der Waals surface area contributed by atoms with Gasteiger partial charge in [-0.2, -0.15) is 0 Å². The van der Waals surface area contributed by atoms with Gasteiger partial charge in [-0.25, -0.2) is 0 Å². The molecule has 0 heterocycles. The van der Waals surface area contributed by atoms with E-state index >= 15 is 0 Å². The Morgan fingerprint density at radius 2 is 0.904 bits per heavy atom. The molecule has 3 heteroatoms. The van der Waals surface area contributed by atoms with Crippen LogP contribution in [0.3, 0.4) is 0 Å². The molecule has 0 spiro atoms. The fourth-order valence-electron chi connectivity index (χ4n) is 8.21. The average Bonchev–Trinajstić information content (AvgIpc) is 3.82. The number of hydrogen-bond donors (Lipinski definition) is 0. The van der Waals surface area contributed by atoms with E-state index in [4.69, 9.17) is 0 Å². The van der Waals surface area contributed by atoms with Crippen LogP contribution in [0.4, 0.5) is 0 Å². The van der Waals surface area contributed by atoms with E-state index in [9.17, 15) is 0 Å². The van der Waals surface area contributed by atoms with E-state index in [2.05, 4.69) is 204 Å². The molecular formula is C49H44Cl2Ti. The summed E-state index contributed by atoms with van der Waals surface area (Å²) in [5.41, 5.74) is 13.7. The van der Waals surface area contributed by atoms with Crippen LogP contribution in [0.1, 0.15) is 82.8 Å². The molecule has 0 saturated carbocycles. The first-order valence-electron chi connectivity index (χ1n) is 18.0. The van der Waals surface area contributed by atoms with Gasteiger partial charge in [-0.15, -0.1) is 0 Å². The maximum atomic E-state index is 2.54. The fraction of sp³-hybridized carbons (Fsp3) is 0.163. The van der Waals surface area contributed by atoms with Crippen LogP contribution in [0.5, 0.6) is 0 Å². The quantitative estimate of drug-likeness (QED) is 0.164. The zero-order valence-electron chi connectivity index (χ0n) is 30.3. The molecule has 0 N–H and O–H groups in total. The third-order valence-corrected chi connectivity index (χ3v) is 16.5. The van der Waals surface area contributed by atoms with Crippen molar-refractivity contribution in [1.29, 1.82) is 0 Å². The van der Waals surface area contributed by atoms with Gasteiger partial charge in [0.2, 0.25) is 0 Å². The van der Waals surface area contributed by atoms with Crippen LogP contribution in [0.25, 0.3) is 11.1 Å². The van der Waals surface area contributed by atoms with Crippen LogP contribution < -0.4 is 24.8 Å². The van der Waals surface area contributed by atoms with Crippen LogP contribution in [0.2, 0.25) is 0 Å². The molecule has 6 aromatic carbocycles. The van der Waals surface area contributed by atoms with Crippen LogP contribution in [-0.2, 0) is 28.2 Å². The van der Waals surface area contributed by atoms with Crippen LogP contribution >= 0.6 is 0 Å². The largest absolute Gasteiger partial charge is 1.00 e. The molecule has 52 heavy (non-hydrogen) atoms. The van der Waals surface area contributed by atoms with E-state index in [1.54, 1.807) is 7.69 Å². The second kappa shape index (κ2) is 15.5. The second-order valence-electron chi connectivity index (χ2n) is 14.9. The van der Waals surface area contributed by atoms with Crippen molar-refractivity contribution in [2.75, 3.05) is 0 Å². The molecule has 8 rings (SSSR count). The second-order valence-corrected chi connectivity index (χ2v) is 18.8. The average molecular weight is 752 g/mol. The van der Waals surface area contributed by atoms with Crippen LogP contribution in [0.15, 0.2) is 180 Å². The first-order chi connectivity index (χ1) is 24.3. The van der Waals surface area contributed by atoms with Crippen molar-refractivity contribution >= 4 is 3.81 Å². The molecule has 0 bridgehead atoms. The van der Waals surface area contributed by atoms with Gasteiger partial charge in [-0.1, -0.05) is 0 Å². The van der Waals surface area contributed by atoms with E-state index < -0.39 is 17.4 Å². The maximum Gasteiger partial charge on any atom is -1.00 e. The predicted octanol–water partition coefficient (Wildman–Crippen LogP) is 6.15. The molecular weight excluding hydrogens is 707 g/mol. The van der Waals surface area contributed by atoms with Crippen LogP contribution in [-0.4, -0.2) is 3.81 Å². The molecule has 0 radical (unpaired) electrons. The van der Waals surface area contributed by atoms with E-state index in [1.165, 1.54) is 55.6 Å². The molecule has 2 aliphatic rings. The van der Waals surface area contributed by atoms with Gasteiger partial charge < -0.3 is 24.8 Å². The Balaban J connectivity index is 0.00000232. The first kappa shape index (κ1) is 37.7. The summed E-state index contributed by atoms with van der Waals surface area (Å²) < 4.78 is 3.54. The van der Waals surface area contributed by atoms with Crippen molar-refractivity contribution in [3.63, 3.8) is 0 Å². The first-order valence-corrected chi connectivity index (χ1v) is 20.4. The van der Waals surface area contributed by atoms with Gasteiger partial charge in [0.1, 0.15) is 0 Å². The number of hydrogen-bond acceptors (Lipinski definition) is 0. The number of benzene rings is 6. The minimum Gasteiger partial charge on any atom is -1.00 e. The van der Waals surface area contributed by atoms with E-state index in [0.29, 0.717) is 4.22 Å². The third-order valence-electron chi connectivity index (χ3n) is 11.3. The molecule has 0 unspecified atom stereocenters. The molecule has 258 valence electrons. The summed E-state index contributed by atoms with van der Waals surface area (Å²) in [6.45, 7) is 9.49. The zero-order chi connectivity index (χ0) is 34.3. The third kappa shape index (κ3) is 6.79. The van der Waals surface area contributed by atoms with Crippen molar-refractivity contribution in [1.82, 2.24) is 0 Å². The van der Waals surface area contributed by atoms with Gasteiger partial charge >= 0.3 is 306 Å². The molecule has 0 atom stereocenters. The minimum atomic E-state index is -2.31. The SMILES string of the molecule is CC(C)(c1ccccc1)c1ccc2c(c1)-c1cc(C(C)(C)c3ccccc3)ccc1[CH]2[Ti+2]([C]1=CC=CC1)=[C](c1ccccc1)c1ccccc1.[Cl-].[Cl-]. The van der Waals surface area contributed by atoms with Gasteiger partial charge in [0.25, 0.3) is 0 Å². The standard InChI is InChI=1S/C31H29.C13H10.C5H5.2ClH.Ti/c1-30(2,24-11-7-5-8-12-24)26-17-15-22-19-23-16-18-27(21-29(23)28(22)20-26)31(3,4)25-13-9-6-10-14-25;1-3-7-12(8-4-1)11-13-9-5-2-6-10-13;1-2-4-5-3-1;;;/h5-21H,1-4H3;1-10H;1-3H,4H2;2*1H;/q;;;;;+2/p-2. The molecule has 6 aromatic rings. The normalized spacial score (nSPS) is 13.2. The summed E-state index contributed by atoms with van der Waals surface area (Å²) in [6, 6.07) is 59.4. The van der Waals surface area contributed by atoms with Crippen LogP contribution in [0, 0.1) is 0 Å². The summed E-state index contributed by atoms with van der Waals surface area (Å²) >= 11 is -2.31. The number of allylic oxidation sites excluding steroid dienone is 4. The van der Waals surface area contributed by atoms with Gasteiger partial charge in [0, 0.05) is 0 Å². The van der Waals surface area contributed by atoms with Crippen molar-refractivity contribution in [3.8, 4) is 11.1 Å². The van der Waals surface area contributed by atoms with Gasteiger partial charge in [-0.05, 0) is 0 Å². The number of halogens is 2. The van der Waals surface area contributed by atoms with E-state index in [0.717, 1.165) is 6.42 Å². The Kier molecular flexibility index (Phi) is 11.3. The smallest absolute Gasteiger partial charge is 1.00 e. The summed E-state index contributed by atoms with van der Waals surface area (Å²) in [7, 11) is 0. The Hall–Kier alpha value is -4.04. The zero-order valence-corrected chi connectivity index (χ0v) is 33.4. The monoisotopic (exact) mass is 750 g/mol. The fourth-order valence-corrected chi connectivity index (χ4v) is 13.9. The Labute approximate surface area is 328 Å². The molecule has 0 amide bonds. The summed E-state index contributed by atoms with van der Waals surface area (Å²) in [6.07, 6.45) is 8.16. The minimum absolute atomic E-state index is 0. The van der Waals surface area contributed by atoms with Crippen molar-refractivity contribution < 1.29 is 42.2 Å². The van der Waals surface area contributed by atoms with E-state index in [-0.39, 0.29) is 35.6 Å². The Bertz CT molecular complexity index is 2120. The Morgan fingerprint density at radius 3 is 1.29 bits per heavy atom. The molecule has 0 aliphatic heterocycles. The molecule has 2 aliphatic carbocycles. The number of rotatable bonds is 8. The Morgan fingerprint density at radius 1 is 0.500 bits per heavy atom. The molecule has 0 aromatic heterocycles. The topological polar surface area (TPSA) is 0 Å². The van der Waals surface area contributed by atoms with Crippen molar-refractivity contribution in [3.05, 3.63) is 224 Å². The van der Waals surface area contributed by atoms with Gasteiger partial charge in [0.05, 0.1) is 0 Å². The molecule has 0 fully saturated rings. The predicted molar refractivity (Wildman–Crippen MR) is 209 cm³/mol. The summed E-state index contributed by atoms with van der Waals surface area (Å²) in [4.78, 5) is 0. The van der Waals surface area contributed by atoms with Gasteiger partial charge in [-0.3, -0.25) is 0 Å². The summed E-state index contributed by atoms with van der Waals surface area (Å²) in [5.74, 6) is 0. The molecule has 0 saturated heterocycles. The van der Waals surface area contributed by atoms with E-state index in [1.807, 2.05) is 0 Å². The molecule has 0 nitrogen and oxygen atoms in total. The maximum absolute atomic E-state index is 2.54. The summed E-state index contributed by atoms with van der Waals surface area (Å²) in [5, 5.41) is 0. The number of fused-ring (bicyclic) bond motifs is 3. The van der Waals surface area contributed by atoms with Crippen molar-refractivity contribution in [2.24, 2.45) is 0 Å². The van der Waals surface area contributed by atoms with Gasteiger partial charge in [0.15, 0.2) is 0 Å².